The molecule has 2 aromatic rings. The van der Waals surface area contributed by atoms with Crippen molar-refractivity contribution in [1.82, 2.24) is 9.97 Å². The molecule has 1 aromatic heterocycles. The minimum atomic E-state index is 0.357. The zero-order chi connectivity index (χ0) is 15.7. The quantitative estimate of drug-likeness (QED) is 0.912. The lowest BCUT2D eigenvalue weighted by molar-refractivity contribution is 0.410. The Morgan fingerprint density at radius 2 is 1.86 bits per heavy atom. The first-order valence-corrected chi connectivity index (χ1v) is 8.01. The maximum absolute atomic E-state index is 5.98. The number of nitrogens with zero attached hydrogens (tertiary/aromatic N) is 3. The highest BCUT2D eigenvalue weighted by atomic mass is 15.2. The van der Waals surface area contributed by atoms with Gasteiger partial charge in [-0.05, 0) is 44.7 Å². The molecule has 1 aliphatic carbocycles. The Bertz CT molecular complexity index is 659. The Kier molecular flexibility index (Phi) is 4.16. The number of rotatable bonds is 3. The van der Waals surface area contributed by atoms with Crippen LogP contribution in [-0.4, -0.2) is 36.1 Å². The van der Waals surface area contributed by atoms with Crippen molar-refractivity contribution < 1.29 is 0 Å². The first-order chi connectivity index (χ1) is 10.5. The Balaban J connectivity index is 1.91. The number of nitrogens with two attached hydrogens (primary N) is 1. The zero-order valence-electron chi connectivity index (χ0n) is 13.6. The highest BCUT2D eigenvalue weighted by Crippen LogP contribution is 2.26. The van der Waals surface area contributed by atoms with Crippen LogP contribution in [0.15, 0.2) is 18.2 Å². The van der Waals surface area contributed by atoms with Gasteiger partial charge in [-0.1, -0.05) is 11.6 Å². The second-order valence-electron chi connectivity index (χ2n) is 6.54. The van der Waals surface area contributed by atoms with Crippen LogP contribution in [0, 0.1) is 6.92 Å². The van der Waals surface area contributed by atoms with Crippen LogP contribution in [0.25, 0.3) is 10.9 Å². The smallest absolute Gasteiger partial charge is 0.225 e. The third-order valence-corrected chi connectivity index (χ3v) is 4.36. The van der Waals surface area contributed by atoms with Crippen molar-refractivity contribution in [3.63, 3.8) is 0 Å². The highest BCUT2D eigenvalue weighted by Gasteiger charge is 2.20. The molecule has 0 spiro atoms. The summed E-state index contributed by atoms with van der Waals surface area (Å²) in [6, 6.07) is 7.10. The third-order valence-electron chi connectivity index (χ3n) is 4.36. The number of hydrogen-bond donors (Lipinski definition) is 2. The third kappa shape index (κ3) is 3.14. The summed E-state index contributed by atoms with van der Waals surface area (Å²) in [5.41, 5.74) is 8.19. The average molecular weight is 299 g/mol. The standard InChI is InChI=1S/C17H25N5/c1-11-4-9-15-14(10-11)16(22(2)3)21-17(20-15)19-13-7-5-12(18)6-8-13/h4,9-10,12-13H,5-8,18H2,1-3H3,(H,19,20,21)/t12-,13+. The predicted octanol–water partition coefficient (Wildman–Crippen LogP) is 2.69. The van der Waals surface area contributed by atoms with Crippen LogP contribution < -0.4 is 16.0 Å². The van der Waals surface area contributed by atoms with E-state index in [2.05, 4.69) is 30.4 Å². The van der Waals surface area contributed by atoms with E-state index in [9.17, 15) is 0 Å². The molecule has 5 nitrogen and oxygen atoms in total. The van der Waals surface area contributed by atoms with Crippen LogP contribution in [0.5, 0.6) is 0 Å². The number of hydrogen-bond acceptors (Lipinski definition) is 5. The molecule has 0 amide bonds. The molecule has 1 aliphatic rings. The average Bonchev–Trinajstić information content (AvgIpc) is 2.49. The fourth-order valence-corrected chi connectivity index (χ4v) is 3.08. The van der Waals surface area contributed by atoms with E-state index in [1.807, 2.05) is 19.0 Å². The summed E-state index contributed by atoms with van der Waals surface area (Å²) in [7, 11) is 4.04. The van der Waals surface area contributed by atoms with Crippen LogP contribution in [0.3, 0.4) is 0 Å². The van der Waals surface area contributed by atoms with Crippen molar-refractivity contribution in [2.75, 3.05) is 24.3 Å². The largest absolute Gasteiger partial charge is 0.362 e. The SMILES string of the molecule is Cc1ccc2nc(N[C@H]3CC[C@@H](N)CC3)nc(N(C)C)c2c1. The Morgan fingerprint density at radius 1 is 1.14 bits per heavy atom. The Labute approximate surface area is 131 Å². The van der Waals surface area contributed by atoms with Gasteiger partial charge >= 0.3 is 0 Å². The van der Waals surface area contributed by atoms with E-state index in [1.54, 1.807) is 0 Å². The van der Waals surface area contributed by atoms with Gasteiger partial charge in [0.15, 0.2) is 0 Å². The number of fused-ring (bicyclic) bond motifs is 1. The minimum Gasteiger partial charge on any atom is -0.362 e. The van der Waals surface area contributed by atoms with Gasteiger partial charge in [-0.25, -0.2) is 4.98 Å². The monoisotopic (exact) mass is 299 g/mol. The molecule has 118 valence electrons. The van der Waals surface area contributed by atoms with Gasteiger partial charge in [-0.3, -0.25) is 0 Å². The summed E-state index contributed by atoms with van der Waals surface area (Å²) in [4.78, 5) is 11.5. The summed E-state index contributed by atoms with van der Waals surface area (Å²) < 4.78 is 0. The van der Waals surface area contributed by atoms with Gasteiger partial charge in [-0.15, -0.1) is 0 Å². The number of benzene rings is 1. The van der Waals surface area contributed by atoms with Crippen LogP contribution in [0.2, 0.25) is 0 Å². The predicted molar refractivity (Wildman–Crippen MR) is 92.5 cm³/mol. The summed E-state index contributed by atoms with van der Waals surface area (Å²) >= 11 is 0. The van der Waals surface area contributed by atoms with E-state index in [0.29, 0.717) is 12.1 Å². The van der Waals surface area contributed by atoms with Crippen LogP contribution in [-0.2, 0) is 0 Å². The Morgan fingerprint density at radius 3 is 2.55 bits per heavy atom. The van der Waals surface area contributed by atoms with Crippen molar-refractivity contribution in [2.45, 2.75) is 44.7 Å². The maximum atomic E-state index is 5.98. The van der Waals surface area contributed by atoms with E-state index in [0.717, 1.165) is 48.4 Å². The molecule has 0 saturated heterocycles. The molecule has 3 N–H and O–H groups in total. The molecule has 1 aromatic carbocycles. The van der Waals surface area contributed by atoms with Gasteiger partial charge < -0.3 is 16.0 Å². The van der Waals surface area contributed by atoms with E-state index in [1.165, 1.54) is 5.56 Å². The first-order valence-electron chi connectivity index (χ1n) is 8.01. The summed E-state index contributed by atoms with van der Waals surface area (Å²) in [5, 5.41) is 4.60. The minimum absolute atomic E-state index is 0.357. The maximum Gasteiger partial charge on any atom is 0.225 e. The van der Waals surface area contributed by atoms with Crippen molar-refractivity contribution in [2.24, 2.45) is 5.73 Å². The topological polar surface area (TPSA) is 67.1 Å². The molecule has 0 atom stereocenters. The van der Waals surface area contributed by atoms with Crippen LogP contribution in [0.4, 0.5) is 11.8 Å². The molecule has 1 saturated carbocycles. The van der Waals surface area contributed by atoms with Crippen molar-refractivity contribution >= 4 is 22.7 Å². The zero-order valence-corrected chi connectivity index (χ0v) is 13.6. The highest BCUT2D eigenvalue weighted by molar-refractivity contribution is 5.90. The molecule has 0 aliphatic heterocycles. The van der Waals surface area contributed by atoms with Gasteiger partial charge in [-0.2, -0.15) is 4.98 Å². The molecule has 1 fully saturated rings. The molecular formula is C17H25N5. The lowest BCUT2D eigenvalue weighted by Crippen LogP contribution is -2.33. The fourth-order valence-electron chi connectivity index (χ4n) is 3.08. The van der Waals surface area contributed by atoms with Gasteiger partial charge in [0.2, 0.25) is 5.95 Å². The van der Waals surface area contributed by atoms with Crippen molar-refractivity contribution in [3.05, 3.63) is 23.8 Å². The number of aryl methyl sites for hydroxylation is 1. The second kappa shape index (κ2) is 6.08. The molecule has 22 heavy (non-hydrogen) atoms. The van der Waals surface area contributed by atoms with E-state index < -0.39 is 0 Å². The molecule has 1 heterocycles. The van der Waals surface area contributed by atoms with Gasteiger partial charge in [0, 0.05) is 31.6 Å². The molecule has 0 bridgehead atoms. The van der Waals surface area contributed by atoms with Gasteiger partial charge in [0.1, 0.15) is 5.82 Å². The van der Waals surface area contributed by atoms with Crippen molar-refractivity contribution in [3.8, 4) is 0 Å². The molecule has 0 radical (unpaired) electrons. The summed E-state index contributed by atoms with van der Waals surface area (Å²) in [6.45, 7) is 2.09. The van der Waals surface area contributed by atoms with Gasteiger partial charge in [0.25, 0.3) is 0 Å². The van der Waals surface area contributed by atoms with Crippen molar-refractivity contribution in [1.29, 1.82) is 0 Å². The fraction of sp³-hybridized carbons (Fsp3) is 0.529. The van der Waals surface area contributed by atoms with E-state index in [4.69, 9.17) is 15.7 Å². The number of nitrogens with one attached hydrogen (secondary N) is 1. The van der Waals surface area contributed by atoms with Crippen LogP contribution in [0.1, 0.15) is 31.2 Å². The first kappa shape index (κ1) is 15.0. The number of anilines is 2. The van der Waals surface area contributed by atoms with Crippen LogP contribution >= 0.6 is 0 Å². The summed E-state index contributed by atoms with van der Waals surface area (Å²) in [5.74, 6) is 1.68. The summed E-state index contributed by atoms with van der Waals surface area (Å²) in [6.07, 6.45) is 4.33. The molecule has 0 unspecified atom stereocenters. The number of aromatic nitrogens is 2. The normalized spacial score (nSPS) is 21.8. The van der Waals surface area contributed by atoms with E-state index in [-0.39, 0.29) is 0 Å². The lowest BCUT2D eigenvalue weighted by Gasteiger charge is -2.27. The van der Waals surface area contributed by atoms with Gasteiger partial charge in [0.05, 0.1) is 5.52 Å². The Hall–Kier alpha value is -1.88. The van der Waals surface area contributed by atoms with E-state index >= 15 is 0 Å². The molecular weight excluding hydrogens is 274 g/mol. The lowest BCUT2D eigenvalue weighted by atomic mass is 9.92. The molecule has 3 rings (SSSR count). The second-order valence-corrected chi connectivity index (χ2v) is 6.54. The molecule has 5 heteroatoms.